The predicted octanol–water partition coefficient (Wildman–Crippen LogP) is 0.419. The van der Waals surface area contributed by atoms with Crippen molar-refractivity contribution in [2.45, 2.75) is 26.3 Å². The number of hydrogen-bond donors (Lipinski definition) is 2. The molecule has 0 aromatic heterocycles. The van der Waals surface area contributed by atoms with E-state index in [4.69, 9.17) is 5.11 Å². The molecule has 4 heteroatoms. The number of hydrogen-bond acceptors (Lipinski definition) is 2. The molecule has 0 rings (SSSR count). The normalized spacial score (nSPS) is 12.3. The average Bonchev–Trinajstić information content (AvgIpc) is 2.12. The molecule has 2 amide bonds. The van der Waals surface area contributed by atoms with Crippen molar-refractivity contribution in [1.29, 1.82) is 0 Å². The number of nitrogens with zero attached hydrogens (tertiary/aromatic N) is 1. The maximum atomic E-state index is 11.2. The lowest BCUT2D eigenvalue weighted by molar-refractivity contribution is 0.191. The molecule has 0 heterocycles. The molecule has 0 radical (unpaired) electrons. The van der Waals surface area contributed by atoms with Crippen LogP contribution in [0.2, 0.25) is 0 Å². The first kappa shape index (κ1) is 11.2. The number of urea groups is 1. The van der Waals surface area contributed by atoms with Gasteiger partial charge in [0.25, 0.3) is 0 Å². The Kier molecular flexibility index (Phi) is 5.45. The Bertz CT molecular complexity index is 135. The van der Waals surface area contributed by atoms with Gasteiger partial charge in [-0.2, -0.15) is 0 Å². The lowest BCUT2D eigenvalue weighted by atomic mass is 10.2. The summed E-state index contributed by atoms with van der Waals surface area (Å²) < 4.78 is 0. The maximum Gasteiger partial charge on any atom is 0.317 e. The fraction of sp³-hybridized carbons (Fsp3) is 0.875. The van der Waals surface area contributed by atoms with Crippen molar-refractivity contribution in [3.63, 3.8) is 0 Å². The van der Waals surface area contributed by atoms with Gasteiger partial charge >= 0.3 is 6.03 Å². The fourth-order valence-electron chi connectivity index (χ4n) is 0.705. The van der Waals surface area contributed by atoms with Gasteiger partial charge in [0.2, 0.25) is 0 Å². The second-order valence-corrected chi connectivity index (χ2v) is 2.75. The van der Waals surface area contributed by atoms with Crippen molar-refractivity contribution in [3.05, 3.63) is 0 Å². The Morgan fingerprint density at radius 3 is 2.50 bits per heavy atom. The van der Waals surface area contributed by atoms with Gasteiger partial charge in [-0.15, -0.1) is 0 Å². The molecule has 0 unspecified atom stereocenters. The molecule has 0 saturated carbocycles. The van der Waals surface area contributed by atoms with Gasteiger partial charge in [0.05, 0.1) is 12.6 Å². The Hall–Kier alpha value is -0.770. The highest BCUT2D eigenvalue weighted by atomic mass is 16.3. The zero-order valence-electron chi connectivity index (χ0n) is 8.00. The monoisotopic (exact) mass is 174 g/mol. The SMILES string of the molecule is CC[C@@H](CO)NC(=O)N(C)CC. The predicted molar refractivity (Wildman–Crippen MR) is 48.0 cm³/mol. The molecule has 0 aliphatic heterocycles. The van der Waals surface area contributed by atoms with Crippen LogP contribution in [-0.2, 0) is 0 Å². The Labute approximate surface area is 73.6 Å². The van der Waals surface area contributed by atoms with Crippen LogP contribution < -0.4 is 5.32 Å². The second kappa shape index (κ2) is 5.83. The third kappa shape index (κ3) is 3.57. The van der Waals surface area contributed by atoms with Crippen LogP contribution >= 0.6 is 0 Å². The van der Waals surface area contributed by atoms with E-state index in [1.54, 1.807) is 11.9 Å². The summed E-state index contributed by atoms with van der Waals surface area (Å²) in [5, 5.41) is 11.5. The van der Waals surface area contributed by atoms with Crippen LogP contribution in [0.4, 0.5) is 4.79 Å². The van der Waals surface area contributed by atoms with Crippen LogP contribution in [0, 0.1) is 0 Å². The van der Waals surface area contributed by atoms with Crippen LogP contribution in [0.25, 0.3) is 0 Å². The molecule has 0 bridgehead atoms. The van der Waals surface area contributed by atoms with Crippen LogP contribution in [0.1, 0.15) is 20.3 Å². The number of aliphatic hydroxyl groups excluding tert-OH is 1. The number of rotatable bonds is 4. The lowest BCUT2D eigenvalue weighted by Crippen LogP contribution is -2.44. The number of aliphatic hydroxyl groups is 1. The highest BCUT2D eigenvalue weighted by molar-refractivity contribution is 5.74. The van der Waals surface area contributed by atoms with Gasteiger partial charge in [0.1, 0.15) is 0 Å². The molecule has 2 N–H and O–H groups in total. The van der Waals surface area contributed by atoms with E-state index >= 15 is 0 Å². The van der Waals surface area contributed by atoms with Gasteiger partial charge in [0, 0.05) is 13.6 Å². The van der Waals surface area contributed by atoms with Gasteiger partial charge in [0.15, 0.2) is 0 Å². The molecule has 0 aliphatic rings. The smallest absolute Gasteiger partial charge is 0.317 e. The average molecular weight is 174 g/mol. The Morgan fingerprint density at radius 2 is 2.17 bits per heavy atom. The van der Waals surface area contributed by atoms with E-state index in [9.17, 15) is 4.79 Å². The van der Waals surface area contributed by atoms with Crippen LogP contribution in [0.3, 0.4) is 0 Å². The minimum atomic E-state index is -0.126. The summed E-state index contributed by atoms with van der Waals surface area (Å²) in [7, 11) is 1.72. The Balaban J connectivity index is 3.81. The molecule has 72 valence electrons. The molecule has 1 atom stereocenters. The number of amides is 2. The molecular weight excluding hydrogens is 156 g/mol. The van der Waals surface area contributed by atoms with Gasteiger partial charge in [-0.3, -0.25) is 0 Å². The van der Waals surface area contributed by atoms with E-state index in [0.29, 0.717) is 6.54 Å². The van der Waals surface area contributed by atoms with E-state index in [1.165, 1.54) is 0 Å². The number of carbonyl (C=O) groups excluding carboxylic acids is 1. The molecular formula is C8H18N2O2. The molecule has 4 nitrogen and oxygen atoms in total. The van der Waals surface area contributed by atoms with Crippen molar-refractivity contribution in [2.24, 2.45) is 0 Å². The van der Waals surface area contributed by atoms with Gasteiger partial charge in [-0.05, 0) is 13.3 Å². The van der Waals surface area contributed by atoms with Crippen molar-refractivity contribution in [1.82, 2.24) is 10.2 Å². The molecule has 0 spiro atoms. The van der Waals surface area contributed by atoms with Gasteiger partial charge < -0.3 is 15.3 Å². The van der Waals surface area contributed by atoms with Gasteiger partial charge in [-0.1, -0.05) is 6.92 Å². The Morgan fingerprint density at radius 1 is 1.58 bits per heavy atom. The van der Waals surface area contributed by atoms with E-state index in [1.807, 2.05) is 13.8 Å². The van der Waals surface area contributed by atoms with Crippen molar-refractivity contribution >= 4 is 6.03 Å². The summed E-state index contributed by atoms with van der Waals surface area (Å²) in [6.45, 7) is 4.50. The third-order valence-corrected chi connectivity index (χ3v) is 1.86. The van der Waals surface area contributed by atoms with Crippen molar-refractivity contribution < 1.29 is 9.90 Å². The lowest BCUT2D eigenvalue weighted by Gasteiger charge is -2.20. The van der Waals surface area contributed by atoms with Crippen molar-refractivity contribution in [3.8, 4) is 0 Å². The van der Waals surface area contributed by atoms with Crippen molar-refractivity contribution in [2.75, 3.05) is 20.2 Å². The van der Waals surface area contributed by atoms with E-state index in [-0.39, 0.29) is 18.7 Å². The molecule has 0 aliphatic carbocycles. The van der Waals surface area contributed by atoms with E-state index in [2.05, 4.69) is 5.32 Å². The first-order valence-corrected chi connectivity index (χ1v) is 4.28. The summed E-state index contributed by atoms with van der Waals surface area (Å²) >= 11 is 0. The fourth-order valence-corrected chi connectivity index (χ4v) is 0.705. The zero-order chi connectivity index (χ0) is 9.56. The highest BCUT2D eigenvalue weighted by Crippen LogP contribution is 1.91. The molecule has 0 saturated heterocycles. The molecule has 0 aromatic carbocycles. The number of nitrogens with one attached hydrogen (secondary N) is 1. The summed E-state index contributed by atoms with van der Waals surface area (Å²) in [5.41, 5.74) is 0. The van der Waals surface area contributed by atoms with Crippen LogP contribution in [0.5, 0.6) is 0 Å². The highest BCUT2D eigenvalue weighted by Gasteiger charge is 2.10. The summed E-state index contributed by atoms with van der Waals surface area (Å²) in [4.78, 5) is 12.8. The largest absolute Gasteiger partial charge is 0.394 e. The third-order valence-electron chi connectivity index (χ3n) is 1.86. The number of carbonyl (C=O) groups is 1. The standard InChI is InChI=1S/C8H18N2O2/c1-4-7(6-11)9-8(12)10(3)5-2/h7,11H,4-6H2,1-3H3,(H,9,12)/t7-/m0/s1. The first-order valence-electron chi connectivity index (χ1n) is 4.28. The van der Waals surface area contributed by atoms with E-state index < -0.39 is 0 Å². The topological polar surface area (TPSA) is 52.6 Å². The van der Waals surface area contributed by atoms with Crippen LogP contribution in [0.15, 0.2) is 0 Å². The maximum absolute atomic E-state index is 11.2. The minimum absolute atomic E-state index is 0.000204. The second-order valence-electron chi connectivity index (χ2n) is 2.75. The minimum Gasteiger partial charge on any atom is -0.394 e. The summed E-state index contributed by atoms with van der Waals surface area (Å²) in [5.74, 6) is 0. The first-order chi connectivity index (χ1) is 5.65. The van der Waals surface area contributed by atoms with Gasteiger partial charge in [-0.25, -0.2) is 4.79 Å². The molecule has 0 aromatic rings. The zero-order valence-corrected chi connectivity index (χ0v) is 8.00. The van der Waals surface area contributed by atoms with E-state index in [0.717, 1.165) is 6.42 Å². The molecule has 12 heavy (non-hydrogen) atoms. The quantitative estimate of drug-likeness (QED) is 0.649. The summed E-state index contributed by atoms with van der Waals surface area (Å²) in [6.07, 6.45) is 0.750. The molecule has 0 fully saturated rings. The summed E-state index contributed by atoms with van der Waals surface area (Å²) in [6, 6.07) is -0.245. The van der Waals surface area contributed by atoms with Crippen LogP contribution in [-0.4, -0.2) is 42.3 Å².